The zero-order chi connectivity index (χ0) is 17.8. The van der Waals surface area contributed by atoms with Crippen molar-refractivity contribution in [1.29, 1.82) is 0 Å². The van der Waals surface area contributed by atoms with Crippen molar-refractivity contribution in [2.45, 2.75) is 57.9 Å². The van der Waals surface area contributed by atoms with Gasteiger partial charge < -0.3 is 15.0 Å². The number of H-pyrrole nitrogens is 1. The fraction of sp³-hybridized carbons (Fsp3) is 0.500. The van der Waals surface area contributed by atoms with Crippen LogP contribution in [-0.4, -0.2) is 39.5 Å². The van der Waals surface area contributed by atoms with Crippen LogP contribution >= 0.6 is 0 Å². The Morgan fingerprint density at radius 2 is 2.12 bits per heavy atom. The zero-order valence-corrected chi connectivity index (χ0v) is 14.8. The second kappa shape index (κ2) is 7.72. The molecule has 0 bridgehead atoms. The molecule has 1 aliphatic heterocycles. The van der Waals surface area contributed by atoms with E-state index in [0.29, 0.717) is 19.3 Å². The van der Waals surface area contributed by atoms with E-state index in [1.807, 2.05) is 11.1 Å². The number of piperidine rings is 1. The summed E-state index contributed by atoms with van der Waals surface area (Å²) in [5.41, 5.74) is 3.49. The fourth-order valence-corrected chi connectivity index (χ4v) is 3.80. The normalized spacial score (nSPS) is 17.8. The van der Waals surface area contributed by atoms with Crippen molar-refractivity contribution in [1.82, 2.24) is 9.88 Å². The Bertz CT molecular complexity index is 765. The molecule has 5 heteroatoms. The number of amides is 1. The van der Waals surface area contributed by atoms with E-state index in [2.05, 4.69) is 30.1 Å². The van der Waals surface area contributed by atoms with Crippen molar-refractivity contribution < 1.29 is 14.7 Å². The molecule has 0 radical (unpaired) electrons. The number of aliphatic carboxylic acids is 1. The number of fused-ring (bicyclic) bond motifs is 1. The Morgan fingerprint density at radius 1 is 1.28 bits per heavy atom. The number of likely N-dealkylation sites (tertiary alicyclic amines) is 1. The van der Waals surface area contributed by atoms with Crippen molar-refractivity contribution in [2.75, 3.05) is 6.54 Å². The summed E-state index contributed by atoms with van der Waals surface area (Å²) in [5, 5.41) is 10.1. The molecule has 134 valence electrons. The van der Waals surface area contributed by atoms with E-state index >= 15 is 0 Å². The average Bonchev–Trinajstić information content (AvgIpc) is 3.00. The number of aromatic nitrogens is 1. The van der Waals surface area contributed by atoms with Gasteiger partial charge >= 0.3 is 5.97 Å². The number of carboxylic acid groups (broad SMARTS) is 1. The van der Waals surface area contributed by atoms with Gasteiger partial charge in [0.2, 0.25) is 5.91 Å². The lowest BCUT2D eigenvalue weighted by Gasteiger charge is -2.35. The second-order valence-corrected chi connectivity index (χ2v) is 7.03. The summed E-state index contributed by atoms with van der Waals surface area (Å²) in [4.78, 5) is 28.8. The Labute approximate surface area is 148 Å². The smallest absolute Gasteiger partial charge is 0.303 e. The van der Waals surface area contributed by atoms with Gasteiger partial charge in [0.25, 0.3) is 0 Å². The highest BCUT2D eigenvalue weighted by Crippen LogP contribution is 2.24. The molecule has 1 unspecified atom stereocenters. The molecule has 1 aliphatic rings. The van der Waals surface area contributed by atoms with Crippen LogP contribution in [-0.2, 0) is 16.0 Å². The fourth-order valence-electron chi connectivity index (χ4n) is 3.80. The molecule has 3 rings (SSSR count). The van der Waals surface area contributed by atoms with Gasteiger partial charge in [-0.1, -0.05) is 11.6 Å². The zero-order valence-electron chi connectivity index (χ0n) is 14.8. The largest absolute Gasteiger partial charge is 0.481 e. The number of hydrogen-bond acceptors (Lipinski definition) is 2. The number of hydrogen-bond donors (Lipinski definition) is 2. The van der Waals surface area contributed by atoms with Crippen molar-refractivity contribution in [3.8, 4) is 0 Å². The standard InChI is InChI=1S/C20H26N2O3/c1-14-5-8-18-17(12-14)15(13-21-18)6-9-19(23)22-11-3-2-4-16(22)7-10-20(24)25/h5,8,12-13,16,21H,2-4,6-7,9-11H2,1H3,(H,24,25). The van der Waals surface area contributed by atoms with Gasteiger partial charge in [0.05, 0.1) is 0 Å². The minimum atomic E-state index is -0.785. The molecule has 0 saturated carbocycles. The Morgan fingerprint density at radius 3 is 2.92 bits per heavy atom. The first-order valence-electron chi connectivity index (χ1n) is 9.12. The van der Waals surface area contributed by atoms with Crippen LogP contribution in [0, 0.1) is 6.92 Å². The highest BCUT2D eigenvalue weighted by molar-refractivity contribution is 5.85. The number of benzene rings is 1. The summed E-state index contributed by atoms with van der Waals surface area (Å²) in [6.07, 6.45) is 6.90. The van der Waals surface area contributed by atoms with Gasteiger partial charge in [-0.2, -0.15) is 0 Å². The third kappa shape index (κ3) is 4.21. The molecule has 25 heavy (non-hydrogen) atoms. The molecule has 1 atom stereocenters. The third-order valence-electron chi connectivity index (χ3n) is 5.17. The van der Waals surface area contributed by atoms with Crippen molar-refractivity contribution in [2.24, 2.45) is 0 Å². The van der Waals surface area contributed by atoms with Crippen LogP contribution in [0.4, 0.5) is 0 Å². The van der Waals surface area contributed by atoms with Gasteiger partial charge in [0.15, 0.2) is 0 Å². The molecular weight excluding hydrogens is 316 g/mol. The molecule has 1 aromatic heterocycles. The number of aryl methyl sites for hydroxylation is 2. The predicted octanol–water partition coefficient (Wildman–Crippen LogP) is 3.65. The first-order valence-corrected chi connectivity index (χ1v) is 9.12. The minimum absolute atomic E-state index is 0.0857. The van der Waals surface area contributed by atoms with Gasteiger partial charge in [-0.3, -0.25) is 9.59 Å². The van der Waals surface area contributed by atoms with E-state index < -0.39 is 5.97 Å². The number of rotatable bonds is 6. The van der Waals surface area contributed by atoms with Crippen LogP contribution in [0.5, 0.6) is 0 Å². The molecule has 2 heterocycles. The van der Waals surface area contributed by atoms with E-state index in [4.69, 9.17) is 5.11 Å². The second-order valence-electron chi connectivity index (χ2n) is 7.03. The maximum absolute atomic E-state index is 12.7. The molecule has 2 aromatic rings. The van der Waals surface area contributed by atoms with E-state index in [1.54, 1.807) is 0 Å². The van der Waals surface area contributed by atoms with Gasteiger partial charge in [-0.25, -0.2) is 0 Å². The lowest BCUT2D eigenvalue weighted by molar-refractivity contribution is -0.140. The molecule has 1 aromatic carbocycles. The minimum Gasteiger partial charge on any atom is -0.481 e. The van der Waals surface area contributed by atoms with Gasteiger partial charge in [0, 0.05) is 42.5 Å². The van der Waals surface area contributed by atoms with Crippen LogP contribution in [0.3, 0.4) is 0 Å². The molecular formula is C20H26N2O3. The quantitative estimate of drug-likeness (QED) is 0.841. The number of aromatic amines is 1. The van der Waals surface area contributed by atoms with E-state index in [-0.39, 0.29) is 18.4 Å². The maximum atomic E-state index is 12.7. The average molecular weight is 342 g/mol. The van der Waals surface area contributed by atoms with Crippen LogP contribution in [0.1, 0.15) is 49.7 Å². The molecule has 1 amide bonds. The topological polar surface area (TPSA) is 73.4 Å². The number of carbonyl (C=O) groups excluding carboxylic acids is 1. The monoisotopic (exact) mass is 342 g/mol. The summed E-state index contributed by atoms with van der Waals surface area (Å²) in [6, 6.07) is 6.39. The van der Waals surface area contributed by atoms with E-state index in [0.717, 1.165) is 31.3 Å². The number of nitrogens with zero attached hydrogens (tertiary/aromatic N) is 1. The lowest BCUT2D eigenvalue weighted by atomic mass is 9.97. The Balaban J connectivity index is 1.63. The molecule has 2 N–H and O–H groups in total. The molecule has 0 aliphatic carbocycles. The van der Waals surface area contributed by atoms with Gasteiger partial charge in [-0.05, 0) is 56.7 Å². The number of carbonyl (C=O) groups is 2. The van der Waals surface area contributed by atoms with Crippen LogP contribution in [0.15, 0.2) is 24.4 Å². The molecule has 1 fully saturated rings. The van der Waals surface area contributed by atoms with Crippen molar-refractivity contribution in [3.63, 3.8) is 0 Å². The van der Waals surface area contributed by atoms with Crippen LogP contribution in [0.25, 0.3) is 10.9 Å². The van der Waals surface area contributed by atoms with Crippen molar-refractivity contribution in [3.05, 3.63) is 35.5 Å². The van der Waals surface area contributed by atoms with Crippen LogP contribution < -0.4 is 0 Å². The van der Waals surface area contributed by atoms with Gasteiger partial charge in [0.1, 0.15) is 0 Å². The molecule has 5 nitrogen and oxygen atoms in total. The third-order valence-corrected chi connectivity index (χ3v) is 5.17. The van der Waals surface area contributed by atoms with Crippen molar-refractivity contribution >= 4 is 22.8 Å². The van der Waals surface area contributed by atoms with E-state index in [9.17, 15) is 9.59 Å². The maximum Gasteiger partial charge on any atom is 0.303 e. The van der Waals surface area contributed by atoms with Crippen LogP contribution in [0.2, 0.25) is 0 Å². The summed E-state index contributed by atoms with van der Waals surface area (Å²) < 4.78 is 0. The van der Waals surface area contributed by atoms with Gasteiger partial charge in [-0.15, -0.1) is 0 Å². The SMILES string of the molecule is Cc1ccc2[nH]cc(CCC(=O)N3CCCCC3CCC(=O)O)c2c1. The summed E-state index contributed by atoms with van der Waals surface area (Å²) in [7, 11) is 0. The lowest BCUT2D eigenvalue weighted by Crippen LogP contribution is -2.44. The number of nitrogens with one attached hydrogen (secondary N) is 1. The summed E-state index contributed by atoms with van der Waals surface area (Å²) in [6.45, 7) is 2.83. The molecule has 0 spiro atoms. The highest BCUT2D eigenvalue weighted by atomic mass is 16.4. The first kappa shape index (κ1) is 17.5. The summed E-state index contributed by atoms with van der Waals surface area (Å²) in [5.74, 6) is -0.635. The Hall–Kier alpha value is -2.30. The highest BCUT2D eigenvalue weighted by Gasteiger charge is 2.26. The summed E-state index contributed by atoms with van der Waals surface area (Å²) >= 11 is 0. The van der Waals surface area contributed by atoms with E-state index in [1.165, 1.54) is 16.5 Å². The Kier molecular flexibility index (Phi) is 5.41. The number of carboxylic acids is 1. The first-order chi connectivity index (χ1) is 12.0. The molecule has 1 saturated heterocycles. The predicted molar refractivity (Wildman–Crippen MR) is 97.6 cm³/mol.